The molecule has 0 aliphatic rings. The Hall–Kier alpha value is -3.40. The third-order valence-corrected chi connectivity index (χ3v) is 4.68. The molecule has 0 atom stereocenters. The lowest BCUT2D eigenvalue weighted by molar-refractivity contribution is 0.100. The molecule has 3 aromatic carbocycles. The SMILES string of the molecule is CN(C)c1ccccc1C(=O)c1ccccc1C(=O)c1ccccc1N(C)C. The van der Waals surface area contributed by atoms with Gasteiger partial charge in [0.25, 0.3) is 0 Å². The first-order chi connectivity index (χ1) is 13.4. The van der Waals surface area contributed by atoms with Crippen molar-refractivity contribution < 1.29 is 9.59 Å². The van der Waals surface area contributed by atoms with Crippen molar-refractivity contribution in [2.45, 2.75) is 0 Å². The molecule has 0 bridgehead atoms. The lowest BCUT2D eigenvalue weighted by Crippen LogP contribution is -2.18. The van der Waals surface area contributed by atoms with E-state index < -0.39 is 0 Å². The van der Waals surface area contributed by atoms with Crippen molar-refractivity contribution >= 4 is 22.9 Å². The quantitative estimate of drug-likeness (QED) is 0.606. The van der Waals surface area contributed by atoms with Crippen LogP contribution in [0.4, 0.5) is 11.4 Å². The second kappa shape index (κ2) is 8.09. The Morgan fingerprint density at radius 3 is 1.11 bits per heavy atom. The fourth-order valence-corrected chi connectivity index (χ4v) is 3.28. The maximum Gasteiger partial charge on any atom is 0.195 e. The van der Waals surface area contributed by atoms with Gasteiger partial charge in [0.2, 0.25) is 0 Å². The van der Waals surface area contributed by atoms with Gasteiger partial charge in [-0.1, -0.05) is 48.5 Å². The van der Waals surface area contributed by atoms with Crippen molar-refractivity contribution in [1.82, 2.24) is 0 Å². The van der Waals surface area contributed by atoms with Gasteiger partial charge in [-0.05, 0) is 24.3 Å². The number of rotatable bonds is 6. The predicted octanol–water partition coefficient (Wildman–Crippen LogP) is 4.28. The highest BCUT2D eigenvalue weighted by molar-refractivity contribution is 6.22. The lowest BCUT2D eigenvalue weighted by Gasteiger charge is -2.19. The summed E-state index contributed by atoms with van der Waals surface area (Å²) in [6, 6.07) is 21.9. The highest BCUT2D eigenvalue weighted by Crippen LogP contribution is 2.27. The number of hydrogen-bond acceptors (Lipinski definition) is 4. The minimum Gasteiger partial charge on any atom is -0.377 e. The molecule has 142 valence electrons. The summed E-state index contributed by atoms with van der Waals surface area (Å²) in [7, 11) is 7.60. The van der Waals surface area contributed by atoms with Gasteiger partial charge in [0, 0.05) is 61.8 Å². The molecule has 0 aliphatic heterocycles. The molecule has 4 heteroatoms. The Morgan fingerprint density at radius 1 is 0.500 bits per heavy atom. The van der Waals surface area contributed by atoms with Crippen LogP contribution >= 0.6 is 0 Å². The van der Waals surface area contributed by atoms with Crippen molar-refractivity contribution in [3.8, 4) is 0 Å². The lowest BCUT2D eigenvalue weighted by atomic mass is 9.92. The summed E-state index contributed by atoms with van der Waals surface area (Å²) < 4.78 is 0. The van der Waals surface area contributed by atoms with Crippen LogP contribution in [0.15, 0.2) is 72.8 Å². The summed E-state index contributed by atoms with van der Waals surface area (Å²) in [5, 5.41) is 0. The maximum absolute atomic E-state index is 13.4. The van der Waals surface area contributed by atoms with Crippen LogP contribution in [0.3, 0.4) is 0 Å². The Morgan fingerprint density at radius 2 is 0.786 bits per heavy atom. The van der Waals surface area contributed by atoms with Crippen molar-refractivity contribution in [2.24, 2.45) is 0 Å². The van der Waals surface area contributed by atoms with E-state index in [9.17, 15) is 9.59 Å². The molecule has 0 saturated heterocycles. The number of carbonyl (C=O) groups is 2. The molecule has 0 heterocycles. The van der Waals surface area contributed by atoms with Crippen molar-refractivity contribution in [3.63, 3.8) is 0 Å². The van der Waals surface area contributed by atoms with Crippen LogP contribution in [0.25, 0.3) is 0 Å². The Labute approximate surface area is 166 Å². The second-order valence-corrected chi connectivity index (χ2v) is 7.03. The van der Waals surface area contributed by atoms with Gasteiger partial charge in [0.15, 0.2) is 11.6 Å². The molecular formula is C24H24N2O2. The van der Waals surface area contributed by atoms with Gasteiger partial charge < -0.3 is 9.80 Å². The minimum atomic E-state index is -0.157. The number of hydrogen-bond donors (Lipinski definition) is 0. The van der Waals surface area contributed by atoms with Crippen molar-refractivity contribution in [3.05, 3.63) is 95.1 Å². The van der Waals surface area contributed by atoms with Gasteiger partial charge in [0.05, 0.1) is 0 Å². The standard InChI is InChI=1S/C24H24N2O2/c1-25(2)21-15-9-7-13-19(21)23(27)17-11-5-6-12-18(17)24(28)20-14-8-10-16-22(20)26(3)4/h5-16H,1-4H3. The molecule has 0 N–H and O–H groups in total. The van der Waals surface area contributed by atoms with Crippen LogP contribution in [0.2, 0.25) is 0 Å². The van der Waals surface area contributed by atoms with E-state index in [2.05, 4.69) is 0 Å². The molecule has 0 aromatic heterocycles. The largest absolute Gasteiger partial charge is 0.377 e. The van der Waals surface area contributed by atoms with Gasteiger partial charge in [-0.15, -0.1) is 0 Å². The maximum atomic E-state index is 13.4. The number of anilines is 2. The first-order valence-electron chi connectivity index (χ1n) is 9.13. The zero-order valence-electron chi connectivity index (χ0n) is 16.6. The molecule has 0 fully saturated rings. The van der Waals surface area contributed by atoms with E-state index in [1.54, 1.807) is 36.4 Å². The van der Waals surface area contributed by atoms with Crippen LogP contribution in [-0.2, 0) is 0 Å². The zero-order chi connectivity index (χ0) is 20.3. The highest BCUT2D eigenvalue weighted by atomic mass is 16.1. The molecule has 3 aromatic rings. The number of para-hydroxylation sites is 2. The average Bonchev–Trinajstić information content (AvgIpc) is 2.72. The molecule has 4 nitrogen and oxygen atoms in total. The summed E-state index contributed by atoms with van der Waals surface area (Å²) in [5.41, 5.74) is 3.62. The Bertz CT molecular complexity index is 940. The van der Waals surface area contributed by atoms with Crippen LogP contribution in [-0.4, -0.2) is 39.8 Å². The molecule has 0 saturated carbocycles. The van der Waals surface area contributed by atoms with Crippen LogP contribution < -0.4 is 9.80 Å². The van der Waals surface area contributed by atoms with Gasteiger partial charge in [-0.3, -0.25) is 9.59 Å². The number of nitrogens with zero attached hydrogens (tertiary/aromatic N) is 2. The Kier molecular flexibility index (Phi) is 5.59. The monoisotopic (exact) mass is 372 g/mol. The van der Waals surface area contributed by atoms with E-state index >= 15 is 0 Å². The molecule has 0 amide bonds. The van der Waals surface area contributed by atoms with Gasteiger partial charge in [0.1, 0.15) is 0 Å². The van der Waals surface area contributed by atoms with Crippen LogP contribution in [0.5, 0.6) is 0 Å². The fraction of sp³-hybridized carbons (Fsp3) is 0.167. The molecule has 3 rings (SSSR count). The number of ketones is 2. The summed E-state index contributed by atoms with van der Waals surface area (Å²) in [6.45, 7) is 0. The third-order valence-electron chi connectivity index (χ3n) is 4.68. The summed E-state index contributed by atoms with van der Waals surface area (Å²) in [5.74, 6) is -0.314. The average molecular weight is 372 g/mol. The van der Waals surface area contributed by atoms with E-state index in [1.807, 2.05) is 74.4 Å². The molecule has 0 unspecified atom stereocenters. The van der Waals surface area contributed by atoms with E-state index in [0.717, 1.165) is 11.4 Å². The minimum absolute atomic E-state index is 0.157. The normalized spacial score (nSPS) is 10.4. The first-order valence-corrected chi connectivity index (χ1v) is 9.13. The molecular weight excluding hydrogens is 348 g/mol. The van der Waals surface area contributed by atoms with Crippen LogP contribution in [0.1, 0.15) is 31.8 Å². The van der Waals surface area contributed by atoms with Gasteiger partial charge in [-0.2, -0.15) is 0 Å². The highest BCUT2D eigenvalue weighted by Gasteiger charge is 2.23. The van der Waals surface area contributed by atoms with Crippen LogP contribution in [0, 0.1) is 0 Å². The summed E-state index contributed by atoms with van der Waals surface area (Å²) >= 11 is 0. The second-order valence-electron chi connectivity index (χ2n) is 7.03. The van der Waals surface area contributed by atoms with E-state index in [-0.39, 0.29) is 11.6 Å². The smallest absolute Gasteiger partial charge is 0.195 e. The van der Waals surface area contributed by atoms with Crippen molar-refractivity contribution in [1.29, 1.82) is 0 Å². The van der Waals surface area contributed by atoms with Gasteiger partial charge >= 0.3 is 0 Å². The van der Waals surface area contributed by atoms with E-state index in [0.29, 0.717) is 22.3 Å². The summed E-state index contributed by atoms with van der Waals surface area (Å²) in [6.07, 6.45) is 0. The molecule has 0 aliphatic carbocycles. The van der Waals surface area contributed by atoms with E-state index in [4.69, 9.17) is 0 Å². The topological polar surface area (TPSA) is 40.6 Å². The Balaban J connectivity index is 2.11. The first kappa shape index (κ1) is 19.4. The van der Waals surface area contributed by atoms with Crippen molar-refractivity contribution in [2.75, 3.05) is 38.0 Å². The number of carbonyl (C=O) groups excluding carboxylic acids is 2. The summed E-state index contributed by atoms with van der Waals surface area (Å²) in [4.78, 5) is 30.5. The molecule has 28 heavy (non-hydrogen) atoms. The van der Waals surface area contributed by atoms with Gasteiger partial charge in [-0.25, -0.2) is 0 Å². The molecule has 0 radical (unpaired) electrons. The number of benzene rings is 3. The predicted molar refractivity (Wildman–Crippen MR) is 115 cm³/mol. The molecule has 0 spiro atoms. The van der Waals surface area contributed by atoms with E-state index in [1.165, 1.54) is 0 Å². The third kappa shape index (κ3) is 3.67. The zero-order valence-corrected chi connectivity index (χ0v) is 16.6. The fourth-order valence-electron chi connectivity index (χ4n) is 3.28.